The maximum atomic E-state index is 11.7. The first-order valence-electron chi connectivity index (χ1n) is 7.53. The molecule has 0 radical (unpaired) electrons. The summed E-state index contributed by atoms with van der Waals surface area (Å²) in [6.45, 7) is 5.08. The van der Waals surface area contributed by atoms with Crippen molar-refractivity contribution in [1.29, 1.82) is 0 Å². The van der Waals surface area contributed by atoms with Crippen LogP contribution in [0, 0.1) is 5.92 Å². The molecule has 0 aliphatic carbocycles. The fourth-order valence-corrected chi connectivity index (χ4v) is 2.85. The lowest BCUT2D eigenvalue weighted by atomic mass is 9.99. The van der Waals surface area contributed by atoms with Gasteiger partial charge in [-0.1, -0.05) is 13.8 Å². The Bertz CT molecular complexity index is 299. The Morgan fingerprint density at radius 3 is 2.19 bits per heavy atom. The van der Waals surface area contributed by atoms with Crippen molar-refractivity contribution < 1.29 is 9.59 Å². The van der Waals surface area contributed by atoms with Crippen LogP contribution in [0.5, 0.6) is 0 Å². The fraction of sp³-hybridized carbons (Fsp3) is 0.867. The predicted octanol–water partition coefficient (Wildman–Crippen LogP) is 2.53. The van der Waals surface area contributed by atoms with Gasteiger partial charge >= 0.3 is 0 Å². The average molecular weight is 335 g/mol. The summed E-state index contributed by atoms with van der Waals surface area (Å²) in [5.74, 6) is 1.86. The van der Waals surface area contributed by atoms with Gasteiger partial charge < -0.3 is 10.6 Å². The van der Waals surface area contributed by atoms with Crippen LogP contribution in [0.1, 0.15) is 39.5 Å². The van der Waals surface area contributed by atoms with Gasteiger partial charge in [0.2, 0.25) is 11.8 Å². The third-order valence-electron chi connectivity index (χ3n) is 2.97. The lowest BCUT2D eigenvalue weighted by Crippen LogP contribution is -2.37. The zero-order chi connectivity index (χ0) is 16.1. The van der Waals surface area contributed by atoms with E-state index in [1.807, 2.05) is 12.5 Å². The van der Waals surface area contributed by atoms with Crippen molar-refractivity contribution in [3.8, 4) is 0 Å². The molecule has 6 heteroatoms. The number of unbranched alkanes of at least 4 members (excludes halogenated alkanes) is 1. The van der Waals surface area contributed by atoms with E-state index < -0.39 is 0 Å². The minimum absolute atomic E-state index is 0.106. The second kappa shape index (κ2) is 13.3. The molecule has 0 aliphatic heterocycles. The quantitative estimate of drug-likeness (QED) is 0.539. The second-order valence-corrected chi connectivity index (χ2v) is 7.34. The predicted molar refractivity (Wildman–Crippen MR) is 95.0 cm³/mol. The van der Waals surface area contributed by atoms with Crippen LogP contribution in [0.25, 0.3) is 0 Å². The van der Waals surface area contributed by atoms with E-state index in [0.29, 0.717) is 17.4 Å². The molecule has 1 unspecified atom stereocenters. The molecule has 0 saturated heterocycles. The van der Waals surface area contributed by atoms with Crippen molar-refractivity contribution >= 4 is 35.3 Å². The maximum Gasteiger partial charge on any atom is 0.230 e. The van der Waals surface area contributed by atoms with Crippen molar-refractivity contribution in [2.45, 2.75) is 45.6 Å². The lowest BCUT2D eigenvalue weighted by molar-refractivity contribution is -0.119. The summed E-state index contributed by atoms with van der Waals surface area (Å²) in [6, 6.07) is 0.256. The maximum absolute atomic E-state index is 11.7. The summed E-state index contributed by atoms with van der Waals surface area (Å²) in [6.07, 6.45) is 7.85. The summed E-state index contributed by atoms with van der Waals surface area (Å²) in [7, 11) is 0. The zero-order valence-electron chi connectivity index (χ0n) is 13.7. The lowest BCUT2D eigenvalue weighted by Gasteiger charge is -2.20. The molecule has 0 aromatic rings. The Morgan fingerprint density at radius 1 is 1.00 bits per heavy atom. The SMILES string of the molecule is CSCC(=O)NCCCCC(CC(C)C)NC(=O)CSC. The number of amides is 2. The first-order valence-corrected chi connectivity index (χ1v) is 10.3. The molecule has 0 spiro atoms. The molecule has 2 N–H and O–H groups in total. The molecule has 2 amide bonds. The van der Waals surface area contributed by atoms with E-state index in [2.05, 4.69) is 24.5 Å². The first-order chi connectivity index (χ1) is 9.99. The minimum Gasteiger partial charge on any atom is -0.355 e. The van der Waals surface area contributed by atoms with Gasteiger partial charge in [-0.25, -0.2) is 0 Å². The van der Waals surface area contributed by atoms with E-state index >= 15 is 0 Å². The normalized spacial score (nSPS) is 12.2. The molecule has 124 valence electrons. The van der Waals surface area contributed by atoms with Gasteiger partial charge in [-0.2, -0.15) is 23.5 Å². The molecular formula is C15H30N2O2S2. The van der Waals surface area contributed by atoms with Crippen molar-refractivity contribution in [2.75, 3.05) is 30.6 Å². The van der Waals surface area contributed by atoms with Gasteiger partial charge in [-0.05, 0) is 44.1 Å². The molecule has 21 heavy (non-hydrogen) atoms. The van der Waals surface area contributed by atoms with Gasteiger partial charge in [0.15, 0.2) is 0 Å². The van der Waals surface area contributed by atoms with E-state index in [-0.39, 0.29) is 17.9 Å². The highest BCUT2D eigenvalue weighted by Crippen LogP contribution is 2.11. The number of carbonyl (C=O) groups is 2. The molecule has 0 aliphatic rings. The number of rotatable bonds is 12. The number of carbonyl (C=O) groups excluding carboxylic acids is 2. The van der Waals surface area contributed by atoms with E-state index in [1.54, 1.807) is 11.8 Å². The third-order valence-corrected chi connectivity index (χ3v) is 4.08. The minimum atomic E-state index is 0.106. The highest BCUT2D eigenvalue weighted by atomic mass is 32.2. The van der Waals surface area contributed by atoms with Crippen molar-refractivity contribution in [3.63, 3.8) is 0 Å². The molecule has 0 bridgehead atoms. The Morgan fingerprint density at radius 2 is 1.62 bits per heavy atom. The van der Waals surface area contributed by atoms with Crippen LogP contribution >= 0.6 is 23.5 Å². The van der Waals surface area contributed by atoms with Crippen LogP contribution in [0.3, 0.4) is 0 Å². The average Bonchev–Trinajstić information content (AvgIpc) is 2.38. The van der Waals surface area contributed by atoms with Gasteiger partial charge in [-0.15, -0.1) is 0 Å². The van der Waals surface area contributed by atoms with E-state index in [4.69, 9.17) is 0 Å². The standard InChI is InChI=1S/C15H30N2O2S2/c1-12(2)9-13(17-15(19)11-21-4)7-5-6-8-16-14(18)10-20-3/h12-13H,5-11H2,1-4H3,(H,16,18)(H,17,19). The smallest absolute Gasteiger partial charge is 0.230 e. The molecule has 0 saturated carbocycles. The van der Waals surface area contributed by atoms with E-state index in [0.717, 1.165) is 32.2 Å². The molecule has 0 fully saturated rings. The molecule has 0 aromatic heterocycles. The van der Waals surface area contributed by atoms with Crippen LogP contribution in [-0.2, 0) is 9.59 Å². The van der Waals surface area contributed by atoms with Gasteiger partial charge in [0.05, 0.1) is 11.5 Å². The fourth-order valence-electron chi connectivity index (χ4n) is 2.14. The van der Waals surface area contributed by atoms with Gasteiger partial charge in [0.1, 0.15) is 0 Å². The van der Waals surface area contributed by atoms with Gasteiger partial charge in [-0.3, -0.25) is 9.59 Å². The first kappa shape index (κ1) is 20.6. The zero-order valence-corrected chi connectivity index (χ0v) is 15.4. The highest BCUT2D eigenvalue weighted by Gasteiger charge is 2.13. The molecule has 0 heterocycles. The van der Waals surface area contributed by atoms with Crippen molar-refractivity contribution in [1.82, 2.24) is 10.6 Å². The molecule has 1 atom stereocenters. The van der Waals surface area contributed by atoms with Crippen LogP contribution in [0.4, 0.5) is 0 Å². The summed E-state index contributed by atoms with van der Waals surface area (Å²) in [5, 5.41) is 6.03. The number of thioether (sulfide) groups is 2. The molecule has 0 rings (SSSR count). The van der Waals surface area contributed by atoms with Crippen molar-refractivity contribution in [3.05, 3.63) is 0 Å². The molecule has 0 aromatic carbocycles. The Kier molecular flexibility index (Phi) is 13.1. The van der Waals surface area contributed by atoms with Crippen molar-refractivity contribution in [2.24, 2.45) is 5.92 Å². The largest absolute Gasteiger partial charge is 0.355 e. The summed E-state index contributed by atoms with van der Waals surface area (Å²) in [5.41, 5.74) is 0. The number of hydrogen-bond acceptors (Lipinski definition) is 4. The van der Waals surface area contributed by atoms with Gasteiger partial charge in [0.25, 0.3) is 0 Å². The Balaban J connectivity index is 3.90. The Labute approximate surface area is 138 Å². The highest BCUT2D eigenvalue weighted by molar-refractivity contribution is 7.99. The summed E-state index contributed by atoms with van der Waals surface area (Å²) >= 11 is 3.08. The number of hydrogen-bond donors (Lipinski definition) is 2. The van der Waals surface area contributed by atoms with Crippen LogP contribution in [-0.4, -0.2) is 48.4 Å². The van der Waals surface area contributed by atoms with E-state index in [1.165, 1.54) is 11.8 Å². The van der Waals surface area contributed by atoms with Crippen LogP contribution in [0.15, 0.2) is 0 Å². The second-order valence-electron chi connectivity index (χ2n) is 5.61. The third kappa shape index (κ3) is 13.1. The Hall–Kier alpha value is -0.360. The summed E-state index contributed by atoms with van der Waals surface area (Å²) in [4.78, 5) is 23.0. The molecular weight excluding hydrogens is 304 g/mol. The van der Waals surface area contributed by atoms with Crippen LogP contribution in [0.2, 0.25) is 0 Å². The number of nitrogens with one attached hydrogen (secondary N) is 2. The monoisotopic (exact) mass is 334 g/mol. The molecule has 4 nitrogen and oxygen atoms in total. The topological polar surface area (TPSA) is 58.2 Å². The van der Waals surface area contributed by atoms with Gasteiger partial charge in [0, 0.05) is 12.6 Å². The van der Waals surface area contributed by atoms with Crippen LogP contribution < -0.4 is 10.6 Å². The van der Waals surface area contributed by atoms with E-state index in [9.17, 15) is 9.59 Å². The summed E-state index contributed by atoms with van der Waals surface area (Å²) < 4.78 is 0.